The fourth-order valence-corrected chi connectivity index (χ4v) is 2.94. The Morgan fingerprint density at radius 3 is 2.65 bits per heavy atom. The fourth-order valence-electron chi connectivity index (χ4n) is 2.94. The van der Waals surface area contributed by atoms with Gasteiger partial charge in [0.1, 0.15) is 0 Å². The molecule has 23 heavy (non-hydrogen) atoms. The molecule has 1 aliphatic heterocycles. The van der Waals surface area contributed by atoms with Crippen molar-refractivity contribution in [3.63, 3.8) is 0 Å². The zero-order valence-electron chi connectivity index (χ0n) is 14.5. The number of hydrogen-bond acceptors (Lipinski definition) is 4. The molecule has 0 aliphatic carbocycles. The van der Waals surface area contributed by atoms with Gasteiger partial charge in [0.25, 0.3) is 0 Å². The van der Waals surface area contributed by atoms with Gasteiger partial charge in [-0.2, -0.15) is 0 Å². The lowest BCUT2D eigenvalue weighted by atomic mass is 9.99. The molecule has 1 aromatic carbocycles. The first-order chi connectivity index (χ1) is 11.0. The third-order valence-electron chi connectivity index (χ3n) is 4.61. The molecule has 1 aliphatic rings. The number of hydrogen-bond donors (Lipinski definition) is 3. The van der Waals surface area contributed by atoms with Crippen molar-refractivity contribution >= 4 is 5.91 Å². The van der Waals surface area contributed by atoms with Crippen molar-refractivity contribution in [1.82, 2.24) is 15.8 Å². The number of benzene rings is 1. The van der Waals surface area contributed by atoms with E-state index in [4.69, 9.17) is 5.73 Å². The molecular weight excluding hydrogens is 288 g/mol. The third kappa shape index (κ3) is 5.03. The highest BCUT2D eigenvalue weighted by atomic mass is 16.2. The SMILES string of the molecule is CC(C)[C@H](N)C(=O)N(C)CCCC1CC(c2ccccc2)NN1. The molecule has 2 unspecified atom stereocenters. The number of likely N-dealkylation sites (N-methyl/N-ethyl adjacent to an activating group) is 1. The zero-order chi connectivity index (χ0) is 16.8. The molecule has 0 spiro atoms. The van der Waals surface area contributed by atoms with Crippen LogP contribution in [0.3, 0.4) is 0 Å². The quantitative estimate of drug-likeness (QED) is 0.717. The van der Waals surface area contributed by atoms with Crippen molar-refractivity contribution in [1.29, 1.82) is 0 Å². The van der Waals surface area contributed by atoms with Gasteiger partial charge < -0.3 is 10.6 Å². The van der Waals surface area contributed by atoms with Gasteiger partial charge in [0.2, 0.25) is 5.91 Å². The van der Waals surface area contributed by atoms with E-state index in [1.54, 1.807) is 4.90 Å². The van der Waals surface area contributed by atoms with Gasteiger partial charge in [0.15, 0.2) is 0 Å². The van der Waals surface area contributed by atoms with Gasteiger partial charge in [-0.15, -0.1) is 0 Å². The lowest BCUT2D eigenvalue weighted by molar-refractivity contribution is -0.132. The highest BCUT2D eigenvalue weighted by Crippen LogP contribution is 2.23. The summed E-state index contributed by atoms with van der Waals surface area (Å²) in [6.45, 7) is 4.72. The molecule has 0 aromatic heterocycles. The summed E-state index contributed by atoms with van der Waals surface area (Å²) in [6, 6.07) is 10.9. The van der Waals surface area contributed by atoms with Crippen LogP contribution in [-0.2, 0) is 4.79 Å². The topological polar surface area (TPSA) is 70.4 Å². The first-order valence-electron chi connectivity index (χ1n) is 8.55. The number of carbonyl (C=O) groups is 1. The number of rotatable bonds is 7. The van der Waals surface area contributed by atoms with Crippen molar-refractivity contribution in [2.45, 2.75) is 51.2 Å². The molecule has 1 amide bonds. The summed E-state index contributed by atoms with van der Waals surface area (Å²) in [6.07, 6.45) is 3.10. The summed E-state index contributed by atoms with van der Waals surface area (Å²) in [5.74, 6) is 0.219. The van der Waals surface area contributed by atoms with Crippen molar-refractivity contribution in [3.05, 3.63) is 35.9 Å². The average Bonchev–Trinajstić information content (AvgIpc) is 3.03. The number of nitrogens with two attached hydrogens (primary N) is 1. The molecule has 128 valence electrons. The zero-order valence-corrected chi connectivity index (χ0v) is 14.5. The number of nitrogens with zero attached hydrogens (tertiary/aromatic N) is 1. The standard InChI is InChI=1S/C18H30N4O/c1-13(2)17(19)18(23)22(3)11-7-10-15-12-16(21-20-15)14-8-5-4-6-9-14/h4-6,8-9,13,15-17,20-21H,7,10-12,19H2,1-3H3/t15?,16?,17-/m0/s1. The number of carbonyl (C=O) groups excluding carboxylic acids is 1. The van der Waals surface area contributed by atoms with E-state index in [1.807, 2.05) is 27.0 Å². The highest BCUT2D eigenvalue weighted by Gasteiger charge is 2.25. The average molecular weight is 318 g/mol. The van der Waals surface area contributed by atoms with Crippen molar-refractivity contribution in [3.8, 4) is 0 Å². The smallest absolute Gasteiger partial charge is 0.239 e. The van der Waals surface area contributed by atoms with Gasteiger partial charge in [0.05, 0.1) is 6.04 Å². The van der Waals surface area contributed by atoms with E-state index in [-0.39, 0.29) is 11.8 Å². The molecular formula is C18H30N4O. The summed E-state index contributed by atoms with van der Waals surface area (Å²) in [7, 11) is 1.84. The second-order valence-electron chi connectivity index (χ2n) is 6.86. The predicted octanol–water partition coefficient (Wildman–Crippen LogP) is 1.82. The minimum atomic E-state index is -0.395. The maximum atomic E-state index is 12.1. The van der Waals surface area contributed by atoms with Crippen molar-refractivity contribution in [2.24, 2.45) is 11.7 Å². The molecule has 0 bridgehead atoms. The van der Waals surface area contributed by atoms with Crippen LogP contribution in [0, 0.1) is 5.92 Å². The highest BCUT2D eigenvalue weighted by molar-refractivity contribution is 5.81. The Labute approximate surface area is 139 Å². The van der Waals surface area contributed by atoms with Gasteiger partial charge in [-0.1, -0.05) is 44.2 Å². The molecule has 0 saturated carbocycles. The van der Waals surface area contributed by atoms with Gasteiger partial charge in [-0.25, -0.2) is 0 Å². The Kier molecular flexibility index (Phi) is 6.57. The summed E-state index contributed by atoms with van der Waals surface area (Å²) in [5, 5.41) is 0. The van der Waals surface area contributed by atoms with Crippen LogP contribution in [0.15, 0.2) is 30.3 Å². The Hall–Kier alpha value is -1.43. The first-order valence-corrected chi connectivity index (χ1v) is 8.55. The number of hydrazine groups is 1. The van der Waals surface area contributed by atoms with E-state index >= 15 is 0 Å². The molecule has 0 radical (unpaired) electrons. The van der Waals surface area contributed by atoms with Gasteiger partial charge in [0, 0.05) is 25.7 Å². The minimum Gasteiger partial charge on any atom is -0.344 e. The molecule has 1 fully saturated rings. The van der Waals surface area contributed by atoms with Crippen LogP contribution in [0.4, 0.5) is 0 Å². The van der Waals surface area contributed by atoms with Crippen LogP contribution < -0.4 is 16.6 Å². The predicted molar refractivity (Wildman–Crippen MR) is 93.5 cm³/mol. The van der Waals surface area contributed by atoms with E-state index in [0.717, 1.165) is 25.8 Å². The van der Waals surface area contributed by atoms with Crippen LogP contribution >= 0.6 is 0 Å². The van der Waals surface area contributed by atoms with Crippen LogP contribution in [0.2, 0.25) is 0 Å². The molecule has 1 aromatic rings. The molecule has 1 saturated heterocycles. The van der Waals surface area contributed by atoms with E-state index in [9.17, 15) is 4.79 Å². The normalized spacial score (nSPS) is 22.3. The largest absolute Gasteiger partial charge is 0.344 e. The number of nitrogens with one attached hydrogen (secondary N) is 2. The van der Waals surface area contributed by atoms with Gasteiger partial charge >= 0.3 is 0 Å². The van der Waals surface area contributed by atoms with E-state index in [0.29, 0.717) is 12.1 Å². The Morgan fingerprint density at radius 2 is 2.00 bits per heavy atom. The van der Waals surface area contributed by atoms with Crippen LogP contribution in [-0.4, -0.2) is 36.5 Å². The maximum absolute atomic E-state index is 12.1. The van der Waals surface area contributed by atoms with Crippen molar-refractivity contribution in [2.75, 3.05) is 13.6 Å². The lowest BCUT2D eigenvalue weighted by Crippen LogP contribution is -2.45. The molecule has 1 heterocycles. The fraction of sp³-hybridized carbons (Fsp3) is 0.611. The van der Waals surface area contributed by atoms with Crippen LogP contribution in [0.1, 0.15) is 44.7 Å². The summed E-state index contributed by atoms with van der Waals surface area (Å²) in [4.78, 5) is 13.9. The van der Waals surface area contributed by atoms with E-state index in [2.05, 4.69) is 35.1 Å². The maximum Gasteiger partial charge on any atom is 0.239 e. The number of amides is 1. The second-order valence-corrected chi connectivity index (χ2v) is 6.86. The summed E-state index contributed by atoms with van der Waals surface area (Å²) in [5.41, 5.74) is 14.0. The van der Waals surface area contributed by atoms with Gasteiger partial charge in [-0.05, 0) is 30.7 Å². The Balaban J connectivity index is 1.70. The van der Waals surface area contributed by atoms with Crippen LogP contribution in [0.5, 0.6) is 0 Å². The van der Waals surface area contributed by atoms with Crippen molar-refractivity contribution < 1.29 is 4.79 Å². The third-order valence-corrected chi connectivity index (χ3v) is 4.61. The molecule has 2 rings (SSSR count). The summed E-state index contributed by atoms with van der Waals surface area (Å²) >= 11 is 0. The minimum absolute atomic E-state index is 0.0414. The monoisotopic (exact) mass is 318 g/mol. The summed E-state index contributed by atoms with van der Waals surface area (Å²) < 4.78 is 0. The van der Waals surface area contributed by atoms with E-state index in [1.165, 1.54) is 5.56 Å². The molecule has 4 N–H and O–H groups in total. The Bertz CT molecular complexity index is 491. The lowest BCUT2D eigenvalue weighted by Gasteiger charge is -2.23. The molecule has 3 atom stereocenters. The van der Waals surface area contributed by atoms with E-state index < -0.39 is 6.04 Å². The second kappa shape index (κ2) is 8.43. The molecule has 5 nitrogen and oxygen atoms in total. The van der Waals surface area contributed by atoms with Crippen LogP contribution in [0.25, 0.3) is 0 Å². The first kappa shape index (κ1) is 17.9. The molecule has 5 heteroatoms. The Morgan fingerprint density at radius 1 is 1.30 bits per heavy atom. The van der Waals surface area contributed by atoms with Gasteiger partial charge in [-0.3, -0.25) is 15.6 Å².